The van der Waals surface area contributed by atoms with Crippen molar-refractivity contribution in [3.05, 3.63) is 29.8 Å². The molecule has 114 valence electrons. The molecule has 1 unspecified atom stereocenters. The number of hydrogen-bond acceptors (Lipinski definition) is 2. The summed E-state index contributed by atoms with van der Waals surface area (Å²) in [5, 5.41) is 3.48. The summed E-state index contributed by atoms with van der Waals surface area (Å²) in [5.41, 5.74) is 1.53. The molecule has 0 aliphatic carbocycles. The second-order valence-corrected chi connectivity index (χ2v) is 6.15. The standard InChI is InChI=1S/C17H24FN3/c1-3-8-17(9-10-19-12-17)16-20-15-13(18)6-5-7-14(15)21(16)11-4-2/h5-7,19H,3-4,8-12H2,1-2H3. The fourth-order valence-electron chi connectivity index (χ4n) is 3.71. The molecule has 4 heteroatoms. The molecule has 1 atom stereocenters. The average molecular weight is 289 g/mol. The maximum atomic E-state index is 14.1. The zero-order valence-corrected chi connectivity index (χ0v) is 13.0. The molecule has 0 saturated carbocycles. The van der Waals surface area contributed by atoms with Crippen molar-refractivity contribution in [2.24, 2.45) is 0 Å². The van der Waals surface area contributed by atoms with Gasteiger partial charge in [-0.2, -0.15) is 0 Å². The molecule has 0 spiro atoms. The fraction of sp³-hybridized carbons (Fsp3) is 0.588. The van der Waals surface area contributed by atoms with Crippen LogP contribution >= 0.6 is 0 Å². The van der Waals surface area contributed by atoms with Gasteiger partial charge in [-0.3, -0.25) is 0 Å². The summed E-state index contributed by atoms with van der Waals surface area (Å²) in [4.78, 5) is 4.75. The lowest BCUT2D eigenvalue weighted by molar-refractivity contribution is 0.384. The number of imidazole rings is 1. The molecule has 0 bridgehead atoms. The maximum Gasteiger partial charge on any atom is 0.151 e. The van der Waals surface area contributed by atoms with Gasteiger partial charge in [-0.1, -0.05) is 26.3 Å². The van der Waals surface area contributed by atoms with Crippen molar-refractivity contribution in [1.82, 2.24) is 14.9 Å². The number of benzene rings is 1. The van der Waals surface area contributed by atoms with E-state index in [1.807, 2.05) is 6.07 Å². The lowest BCUT2D eigenvalue weighted by Gasteiger charge is -2.28. The minimum absolute atomic E-state index is 0.0649. The van der Waals surface area contributed by atoms with Crippen LogP contribution in [0.5, 0.6) is 0 Å². The van der Waals surface area contributed by atoms with Crippen molar-refractivity contribution in [3.8, 4) is 0 Å². The highest BCUT2D eigenvalue weighted by molar-refractivity contribution is 5.77. The van der Waals surface area contributed by atoms with E-state index in [4.69, 9.17) is 4.98 Å². The van der Waals surface area contributed by atoms with Crippen LogP contribution in [-0.4, -0.2) is 22.6 Å². The van der Waals surface area contributed by atoms with E-state index in [-0.39, 0.29) is 11.2 Å². The van der Waals surface area contributed by atoms with E-state index in [2.05, 4.69) is 23.7 Å². The SMILES string of the molecule is CCCn1c(C2(CCC)CCNC2)nc2c(F)cccc21. The molecule has 21 heavy (non-hydrogen) atoms. The Morgan fingerprint density at radius 2 is 2.19 bits per heavy atom. The number of hydrogen-bond donors (Lipinski definition) is 1. The molecule has 3 nitrogen and oxygen atoms in total. The van der Waals surface area contributed by atoms with Gasteiger partial charge in [0.2, 0.25) is 0 Å². The lowest BCUT2D eigenvalue weighted by atomic mass is 9.81. The third-order valence-corrected chi connectivity index (χ3v) is 4.62. The Morgan fingerprint density at radius 1 is 1.33 bits per heavy atom. The molecule has 1 fully saturated rings. The lowest BCUT2D eigenvalue weighted by Crippen LogP contribution is -2.32. The summed E-state index contributed by atoms with van der Waals surface area (Å²) >= 11 is 0. The Bertz CT molecular complexity index is 626. The monoisotopic (exact) mass is 289 g/mol. The minimum atomic E-state index is -0.207. The third kappa shape index (κ3) is 2.35. The predicted octanol–water partition coefficient (Wildman–Crippen LogP) is 3.62. The van der Waals surface area contributed by atoms with Gasteiger partial charge in [-0.05, 0) is 37.9 Å². The van der Waals surface area contributed by atoms with Gasteiger partial charge in [-0.25, -0.2) is 9.37 Å². The number of fused-ring (bicyclic) bond motifs is 1. The van der Waals surface area contributed by atoms with Crippen LogP contribution in [0.3, 0.4) is 0 Å². The number of rotatable bonds is 5. The van der Waals surface area contributed by atoms with Crippen molar-refractivity contribution in [2.75, 3.05) is 13.1 Å². The number of aromatic nitrogens is 2. The van der Waals surface area contributed by atoms with E-state index in [0.29, 0.717) is 5.52 Å². The van der Waals surface area contributed by atoms with Crippen LogP contribution in [0.2, 0.25) is 0 Å². The molecule has 2 heterocycles. The van der Waals surface area contributed by atoms with Crippen molar-refractivity contribution in [1.29, 1.82) is 0 Å². The second-order valence-electron chi connectivity index (χ2n) is 6.15. The Hall–Kier alpha value is -1.42. The number of aryl methyl sites for hydroxylation is 1. The Labute approximate surface area is 125 Å². The van der Waals surface area contributed by atoms with E-state index in [1.165, 1.54) is 6.07 Å². The van der Waals surface area contributed by atoms with Crippen molar-refractivity contribution >= 4 is 11.0 Å². The molecular weight excluding hydrogens is 265 g/mol. The van der Waals surface area contributed by atoms with Crippen LogP contribution < -0.4 is 5.32 Å². The highest BCUT2D eigenvalue weighted by atomic mass is 19.1. The van der Waals surface area contributed by atoms with Gasteiger partial charge in [0.25, 0.3) is 0 Å². The first-order valence-corrected chi connectivity index (χ1v) is 8.08. The minimum Gasteiger partial charge on any atom is -0.327 e. The molecule has 1 saturated heterocycles. The van der Waals surface area contributed by atoms with E-state index in [0.717, 1.165) is 56.7 Å². The van der Waals surface area contributed by atoms with Gasteiger partial charge in [0.05, 0.1) is 5.52 Å². The Morgan fingerprint density at radius 3 is 2.86 bits per heavy atom. The quantitative estimate of drug-likeness (QED) is 0.911. The smallest absolute Gasteiger partial charge is 0.151 e. The summed E-state index contributed by atoms with van der Waals surface area (Å²) in [7, 11) is 0. The first-order chi connectivity index (χ1) is 10.2. The summed E-state index contributed by atoms with van der Waals surface area (Å²) in [5.74, 6) is 0.873. The molecule has 3 rings (SSSR count). The number of halogens is 1. The van der Waals surface area contributed by atoms with E-state index >= 15 is 0 Å². The van der Waals surface area contributed by atoms with E-state index < -0.39 is 0 Å². The molecule has 1 aliphatic rings. The largest absolute Gasteiger partial charge is 0.327 e. The number of nitrogens with zero attached hydrogens (tertiary/aromatic N) is 2. The molecule has 1 aromatic carbocycles. The first kappa shape index (κ1) is 14.5. The van der Waals surface area contributed by atoms with Crippen LogP contribution in [0, 0.1) is 5.82 Å². The van der Waals surface area contributed by atoms with Gasteiger partial charge in [0.15, 0.2) is 5.82 Å². The summed E-state index contributed by atoms with van der Waals surface area (Å²) in [6.45, 7) is 7.26. The van der Waals surface area contributed by atoms with Crippen LogP contribution in [0.15, 0.2) is 18.2 Å². The number of nitrogens with one attached hydrogen (secondary N) is 1. The highest BCUT2D eigenvalue weighted by Gasteiger charge is 2.39. The van der Waals surface area contributed by atoms with Crippen LogP contribution in [0.1, 0.15) is 45.4 Å². The van der Waals surface area contributed by atoms with Crippen LogP contribution in [-0.2, 0) is 12.0 Å². The normalized spacial score (nSPS) is 22.2. The van der Waals surface area contributed by atoms with Crippen LogP contribution in [0.4, 0.5) is 4.39 Å². The van der Waals surface area contributed by atoms with E-state index in [1.54, 1.807) is 6.07 Å². The van der Waals surface area contributed by atoms with Gasteiger partial charge in [0.1, 0.15) is 11.3 Å². The molecule has 1 aromatic heterocycles. The molecule has 1 aliphatic heterocycles. The zero-order valence-electron chi connectivity index (χ0n) is 13.0. The maximum absolute atomic E-state index is 14.1. The molecule has 2 aromatic rings. The zero-order chi connectivity index (χ0) is 14.9. The second kappa shape index (κ2) is 5.76. The Balaban J connectivity index is 2.20. The fourth-order valence-corrected chi connectivity index (χ4v) is 3.71. The topological polar surface area (TPSA) is 29.9 Å². The highest BCUT2D eigenvalue weighted by Crippen LogP contribution is 2.37. The molecule has 1 N–H and O–H groups in total. The van der Waals surface area contributed by atoms with Crippen LogP contribution in [0.25, 0.3) is 11.0 Å². The average Bonchev–Trinajstić information content (AvgIpc) is 3.07. The predicted molar refractivity (Wildman–Crippen MR) is 84.1 cm³/mol. The third-order valence-electron chi connectivity index (χ3n) is 4.62. The molecule has 0 amide bonds. The van der Waals surface area contributed by atoms with Gasteiger partial charge < -0.3 is 9.88 Å². The van der Waals surface area contributed by atoms with Gasteiger partial charge in [0, 0.05) is 18.5 Å². The van der Waals surface area contributed by atoms with Gasteiger partial charge >= 0.3 is 0 Å². The van der Waals surface area contributed by atoms with E-state index in [9.17, 15) is 4.39 Å². The Kier molecular flexibility index (Phi) is 3.98. The summed E-state index contributed by atoms with van der Waals surface area (Å²) in [6.07, 6.45) is 4.36. The number of para-hydroxylation sites is 1. The van der Waals surface area contributed by atoms with Crippen molar-refractivity contribution in [3.63, 3.8) is 0 Å². The summed E-state index contributed by atoms with van der Waals surface area (Å²) in [6, 6.07) is 5.29. The van der Waals surface area contributed by atoms with Crippen molar-refractivity contribution in [2.45, 2.75) is 51.5 Å². The molecule has 0 radical (unpaired) electrons. The molecular formula is C17H24FN3. The van der Waals surface area contributed by atoms with Crippen molar-refractivity contribution < 1.29 is 4.39 Å². The first-order valence-electron chi connectivity index (χ1n) is 8.08. The van der Waals surface area contributed by atoms with Gasteiger partial charge in [-0.15, -0.1) is 0 Å². The summed E-state index contributed by atoms with van der Waals surface area (Å²) < 4.78 is 16.4.